The van der Waals surface area contributed by atoms with E-state index in [0.29, 0.717) is 23.1 Å². The molecular formula is C27H23N5O5S. The second-order valence-electron chi connectivity index (χ2n) is 8.81. The van der Waals surface area contributed by atoms with Crippen LogP contribution in [0.25, 0.3) is 31.8 Å². The maximum atomic E-state index is 12.7. The topological polar surface area (TPSA) is 109 Å². The number of hydrogen-bond donors (Lipinski definition) is 0. The molecule has 4 heterocycles. The number of methoxy groups -OCH3 is 1. The van der Waals surface area contributed by atoms with Crippen LogP contribution in [0.5, 0.6) is 17.4 Å². The molecular weight excluding hydrogens is 506 g/mol. The first-order valence-electron chi connectivity index (χ1n) is 11.8. The van der Waals surface area contributed by atoms with Gasteiger partial charge in [0.1, 0.15) is 9.71 Å². The molecule has 1 atom stereocenters. The summed E-state index contributed by atoms with van der Waals surface area (Å²) in [6.45, 7) is 3.93. The Kier molecular flexibility index (Phi) is 5.91. The van der Waals surface area contributed by atoms with Crippen molar-refractivity contribution < 1.29 is 23.7 Å². The number of carbonyl (C=O) groups excluding carboxylic acids is 1. The lowest BCUT2D eigenvalue weighted by molar-refractivity contribution is -0.0717. The number of aromatic nitrogens is 4. The lowest BCUT2D eigenvalue weighted by atomic mass is 10.1. The molecule has 10 nitrogen and oxygen atoms in total. The Balaban J connectivity index is 1.27. The minimum Gasteiger partial charge on any atom is -0.480 e. The molecule has 11 heteroatoms. The molecule has 1 amide bonds. The first-order valence-corrected chi connectivity index (χ1v) is 12.6. The molecule has 0 aliphatic carbocycles. The average Bonchev–Trinajstić information content (AvgIpc) is 3.37. The van der Waals surface area contributed by atoms with E-state index in [1.54, 1.807) is 38.7 Å². The second kappa shape index (κ2) is 9.42. The summed E-state index contributed by atoms with van der Waals surface area (Å²) in [4.78, 5) is 32.2. The van der Waals surface area contributed by atoms with Crippen molar-refractivity contribution in [1.82, 2.24) is 19.9 Å². The fourth-order valence-corrected chi connectivity index (χ4v) is 5.22. The molecule has 1 aliphatic rings. The first kappa shape index (κ1) is 23.9. The van der Waals surface area contributed by atoms with Crippen LogP contribution in [-0.4, -0.2) is 53.1 Å². The van der Waals surface area contributed by atoms with Crippen LogP contribution in [0.3, 0.4) is 0 Å². The highest BCUT2D eigenvalue weighted by Gasteiger charge is 2.29. The van der Waals surface area contributed by atoms with E-state index in [1.165, 1.54) is 16.2 Å². The predicted molar refractivity (Wildman–Crippen MR) is 143 cm³/mol. The Morgan fingerprint density at radius 3 is 2.74 bits per heavy atom. The minimum absolute atomic E-state index is 0.0454. The van der Waals surface area contributed by atoms with Gasteiger partial charge in [0.15, 0.2) is 18.1 Å². The van der Waals surface area contributed by atoms with Crippen molar-refractivity contribution in [3.63, 3.8) is 0 Å². The summed E-state index contributed by atoms with van der Waals surface area (Å²) in [6.07, 6.45) is 1.74. The van der Waals surface area contributed by atoms with Crippen molar-refractivity contribution in [2.24, 2.45) is 0 Å². The maximum Gasteiger partial charge on any atom is 0.417 e. The average molecular weight is 530 g/mol. The quantitative estimate of drug-likeness (QED) is 0.306. The van der Waals surface area contributed by atoms with Crippen LogP contribution >= 0.6 is 11.3 Å². The zero-order chi connectivity index (χ0) is 26.4. The first-order chi connectivity index (χ1) is 18.4. The molecule has 6 rings (SSSR count). The monoisotopic (exact) mass is 529 g/mol. The molecule has 0 saturated carbocycles. The van der Waals surface area contributed by atoms with E-state index in [-0.39, 0.29) is 6.61 Å². The number of rotatable bonds is 4. The fourth-order valence-electron chi connectivity index (χ4n) is 4.14. The predicted octanol–water partition coefficient (Wildman–Crippen LogP) is 5.30. The van der Waals surface area contributed by atoms with Crippen molar-refractivity contribution in [3.8, 4) is 28.0 Å². The van der Waals surface area contributed by atoms with Crippen molar-refractivity contribution >= 4 is 44.4 Å². The van der Waals surface area contributed by atoms with Crippen molar-refractivity contribution in [3.05, 3.63) is 60.0 Å². The number of anilines is 1. The van der Waals surface area contributed by atoms with Crippen LogP contribution in [-0.2, 0) is 4.74 Å². The summed E-state index contributed by atoms with van der Waals surface area (Å²) in [5.74, 6) is 1.50. The van der Waals surface area contributed by atoms with Crippen LogP contribution in [0.1, 0.15) is 11.3 Å². The van der Waals surface area contributed by atoms with Gasteiger partial charge in [-0.2, -0.15) is 0 Å². The number of fused-ring (bicyclic) bond motifs is 4. The summed E-state index contributed by atoms with van der Waals surface area (Å²) < 4.78 is 23.6. The van der Waals surface area contributed by atoms with Crippen LogP contribution in [0, 0.1) is 13.8 Å². The third kappa shape index (κ3) is 4.30. The largest absolute Gasteiger partial charge is 0.480 e. The summed E-state index contributed by atoms with van der Waals surface area (Å²) >= 11 is 1.48. The van der Waals surface area contributed by atoms with E-state index in [4.69, 9.17) is 23.9 Å². The number of thiazole rings is 1. The van der Waals surface area contributed by atoms with Gasteiger partial charge in [-0.15, -0.1) is 11.3 Å². The Labute approximate surface area is 221 Å². The number of benzene rings is 2. The second-order valence-corrected chi connectivity index (χ2v) is 9.81. The number of amides is 1. The molecule has 5 aromatic rings. The van der Waals surface area contributed by atoms with Crippen molar-refractivity contribution in [2.75, 3.05) is 25.7 Å². The third-order valence-corrected chi connectivity index (χ3v) is 7.20. The van der Waals surface area contributed by atoms with E-state index in [9.17, 15) is 4.79 Å². The lowest BCUT2D eigenvalue weighted by Gasteiger charge is -2.27. The zero-order valence-electron chi connectivity index (χ0n) is 21.1. The zero-order valence-corrected chi connectivity index (χ0v) is 21.9. The highest BCUT2D eigenvalue weighted by Crippen LogP contribution is 2.44. The minimum atomic E-state index is -0.897. The summed E-state index contributed by atoms with van der Waals surface area (Å²) in [5.41, 5.74) is 5.62. The molecule has 38 heavy (non-hydrogen) atoms. The van der Waals surface area contributed by atoms with Gasteiger partial charge >= 0.3 is 6.09 Å². The number of hydrogen-bond acceptors (Lipinski definition) is 10. The van der Waals surface area contributed by atoms with Gasteiger partial charge in [-0.05, 0) is 55.8 Å². The standard InChI is InChI=1S/C27H23N5O5S/c1-14-9-17(23-19(10-14)30-21(34-4)12-29-23)26-31-18-7-8-20-24(25(18)38-26)35-13-22(36-20)37-27(33)32(3)16-6-5-15(2)28-11-16/h5-12,22H,13H2,1-4H3/t22-/m1/s1. The molecule has 2 aromatic carbocycles. The Morgan fingerprint density at radius 1 is 1.08 bits per heavy atom. The molecule has 1 aliphatic heterocycles. The van der Waals surface area contributed by atoms with Gasteiger partial charge in [-0.25, -0.2) is 19.7 Å². The smallest absolute Gasteiger partial charge is 0.417 e. The molecule has 0 radical (unpaired) electrons. The number of pyridine rings is 1. The highest BCUT2D eigenvalue weighted by atomic mass is 32.1. The van der Waals surface area contributed by atoms with Crippen LogP contribution in [0.15, 0.2) is 48.8 Å². The van der Waals surface area contributed by atoms with E-state index in [0.717, 1.165) is 43.1 Å². The number of carbonyl (C=O) groups is 1. The molecule has 0 saturated heterocycles. The van der Waals surface area contributed by atoms with Crippen LogP contribution in [0.2, 0.25) is 0 Å². The molecule has 0 bridgehead atoms. The van der Waals surface area contributed by atoms with Crippen LogP contribution < -0.4 is 19.1 Å². The van der Waals surface area contributed by atoms with E-state index in [2.05, 4.69) is 15.0 Å². The van der Waals surface area contributed by atoms with Gasteiger partial charge in [0.25, 0.3) is 6.29 Å². The molecule has 0 fully saturated rings. The number of aryl methyl sites for hydroxylation is 2. The number of nitrogens with zero attached hydrogens (tertiary/aromatic N) is 5. The highest BCUT2D eigenvalue weighted by molar-refractivity contribution is 7.22. The molecule has 0 N–H and O–H groups in total. The van der Waals surface area contributed by atoms with Gasteiger partial charge in [-0.1, -0.05) is 0 Å². The lowest BCUT2D eigenvalue weighted by Crippen LogP contribution is -2.38. The maximum absolute atomic E-state index is 12.7. The Morgan fingerprint density at radius 2 is 1.95 bits per heavy atom. The van der Waals surface area contributed by atoms with E-state index in [1.807, 2.05) is 38.1 Å². The van der Waals surface area contributed by atoms with Crippen molar-refractivity contribution in [2.45, 2.75) is 20.1 Å². The Hall–Kier alpha value is -4.51. The number of ether oxygens (including phenoxy) is 4. The fraction of sp³-hybridized carbons (Fsp3) is 0.222. The van der Waals surface area contributed by atoms with Gasteiger partial charge in [-0.3, -0.25) is 9.88 Å². The summed E-state index contributed by atoms with van der Waals surface area (Å²) in [5, 5.41) is 0.784. The van der Waals surface area contributed by atoms with Gasteiger partial charge in [0, 0.05) is 18.3 Å². The van der Waals surface area contributed by atoms with Crippen molar-refractivity contribution in [1.29, 1.82) is 0 Å². The van der Waals surface area contributed by atoms with E-state index < -0.39 is 12.4 Å². The summed E-state index contributed by atoms with van der Waals surface area (Å²) in [7, 11) is 3.18. The van der Waals surface area contributed by atoms with Gasteiger partial charge in [0.05, 0.1) is 41.7 Å². The van der Waals surface area contributed by atoms with Gasteiger partial charge < -0.3 is 18.9 Å². The SMILES string of the molecule is COc1cnc2c(-c3nc4ccc5c(c4s3)OC[C@@H](OC(=O)N(C)c3ccc(C)nc3)O5)cc(C)cc2n1. The van der Waals surface area contributed by atoms with E-state index >= 15 is 0 Å². The molecule has 0 spiro atoms. The van der Waals surface area contributed by atoms with Gasteiger partial charge in [0.2, 0.25) is 5.88 Å². The molecule has 0 unspecified atom stereocenters. The third-order valence-electron chi connectivity index (χ3n) is 6.10. The molecule has 3 aromatic heterocycles. The van der Waals surface area contributed by atoms with Crippen LogP contribution in [0.4, 0.5) is 10.5 Å². The molecule has 192 valence electrons. The Bertz CT molecular complexity index is 1690. The normalized spacial score (nSPS) is 14.5. The summed E-state index contributed by atoms with van der Waals surface area (Å²) in [6, 6.07) is 11.3.